The lowest BCUT2D eigenvalue weighted by atomic mass is 10.0. The summed E-state index contributed by atoms with van der Waals surface area (Å²) >= 11 is 0. The van der Waals surface area contributed by atoms with Crippen LogP contribution >= 0.6 is 0 Å². The minimum Gasteiger partial charge on any atom is -0.462 e. The minimum absolute atomic E-state index is 0.0427. The molecule has 0 aliphatic rings. The van der Waals surface area contributed by atoms with Gasteiger partial charge in [0.1, 0.15) is 6.10 Å². The zero-order valence-electron chi connectivity index (χ0n) is 42.7. The van der Waals surface area contributed by atoms with E-state index >= 15 is 0 Å². The lowest BCUT2D eigenvalue weighted by Gasteiger charge is -2.24. The molecule has 3 unspecified atom stereocenters. The van der Waals surface area contributed by atoms with E-state index in [-0.39, 0.29) is 24.9 Å². The molecule has 0 bridgehead atoms. The first-order valence-corrected chi connectivity index (χ1v) is 27.9. The smallest absolute Gasteiger partial charge is 0.306 e. The van der Waals surface area contributed by atoms with E-state index in [0.717, 1.165) is 70.6 Å². The van der Waals surface area contributed by atoms with Crippen molar-refractivity contribution in [2.45, 2.75) is 302 Å². The summed E-state index contributed by atoms with van der Waals surface area (Å²) in [5, 5.41) is 23.8. The third-order valence-corrected chi connectivity index (χ3v) is 12.7. The van der Waals surface area contributed by atoms with E-state index in [1.807, 2.05) is 0 Å². The predicted molar refractivity (Wildman–Crippen MR) is 278 cm³/mol. The summed E-state index contributed by atoms with van der Waals surface area (Å²) < 4.78 is 5.92. The Bertz CT molecular complexity index is 1100. The van der Waals surface area contributed by atoms with Crippen LogP contribution < -0.4 is 5.32 Å². The predicted octanol–water partition coefficient (Wildman–Crippen LogP) is 17.0. The number of hydrogen-bond acceptors (Lipinski definition) is 5. The topological polar surface area (TPSA) is 95.9 Å². The number of carbonyl (C=O) groups excluding carboxylic acids is 2. The van der Waals surface area contributed by atoms with Gasteiger partial charge in [-0.2, -0.15) is 0 Å². The fourth-order valence-electron chi connectivity index (χ4n) is 8.42. The maximum atomic E-state index is 13.2. The highest BCUT2D eigenvalue weighted by Gasteiger charge is 2.24. The maximum absolute atomic E-state index is 13.2. The Morgan fingerprint density at radius 3 is 1.23 bits per heavy atom. The normalized spacial score (nSPS) is 13.5. The van der Waals surface area contributed by atoms with Crippen LogP contribution in [-0.4, -0.2) is 46.9 Å². The number of rotatable bonds is 50. The molecule has 0 aromatic carbocycles. The van der Waals surface area contributed by atoms with Gasteiger partial charge in [0.15, 0.2) is 0 Å². The number of nitrogens with one attached hydrogen (secondary N) is 1. The molecule has 3 atom stereocenters. The van der Waals surface area contributed by atoms with E-state index in [0.29, 0.717) is 19.3 Å². The number of aliphatic hydroxyl groups is 2. The zero-order valence-corrected chi connectivity index (χ0v) is 42.7. The SMILES string of the molecule is CCCCC/C=C\C/C=C\C/C=C\C/C=C\CCCC(CC(=O)NC(CO)C(O)CCCCCCCCCCCCCCCCCC)OC(=O)CCCCCCCCCCCCCC. The Hall–Kier alpha value is -2.18. The van der Waals surface area contributed by atoms with Gasteiger partial charge in [0, 0.05) is 6.42 Å². The van der Waals surface area contributed by atoms with Crippen LogP contribution in [0.4, 0.5) is 0 Å². The third-order valence-electron chi connectivity index (χ3n) is 12.7. The van der Waals surface area contributed by atoms with Crippen molar-refractivity contribution >= 4 is 11.9 Å². The molecule has 0 rings (SSSR count). The summed E-state index contributed by atoms with van der Waals surface area (Å²) in [6, 6.07) is -0.718. The highest BCUT2D eigenvalue weighted by Crippen LogP contribution is 2.18. The van der Waals surface area contributed by atoms with Gasteiger partial charge < -0.3 is 20.3 Å². The summed E-state index contributed by atoms with van der Waals surface area (Å²) in [6.45, 7) is 6.46. The molecule has 1 amide bonds. The molecule has 0 fully saturated rings. The quantitative estimate of drug-likeness (QED) is 0.0321. The van der Waals surface area contributed by atoms with Gasteiger partial charge in [0.05, 0.1) is 25.2 Å². The van der Waals surface area contributed by atoms with Crippen LogP contribution in [0.5, 0.6) is 0 Å². The first-order chi connectivity index (χ1) is 31.5. The van der Waals surface area contributed by atoms with Gasteiger partial charge >= 0.3 is 5.97 Å². The van der Waals surface area contributed by atoms with Crippen LogP contribution in [0.15, 0.2) is 48.6 Å². The number of ether oxygens (including phenoxy) is 1. The maximum Gasteiger partial charge on any atom is 0.306 e. The first kappa shape index (κ1) is 61.8. The Morgan fingerprint density at radius 1 is 0.453 bits per heavy atom. The Balaban J connectivity index is 4.62. The van der Waals surface area contributed by atoms with E-state index in [1.165, 1.54) is 167 Å². The summed E-state index contributed by atoms with van der Waals surface area (Å²) in [6.07, 6.45) is 63.2. The van der Waals surface area contributed by atoms with Crippen LogP contribution in [0.3, 0.4) is 0 Å². The zero-order chi connectivity index (χ0) is 46.7. The van der Waals surface area contributed by atoms with Crippen molar-refractivity contribution in [1.29, 1.82) is 0 Å². The molecule has 6 nitrogen and oxygen atoms in total. The van der Waals surface area contributed by atoms with Gasteiger partial charge in [-0.25, -0.2) is 0 Å². The van der Waals surface area contributed by atoms with Crippen molar-refractivity contribution in [3.63, 3.8) is 0 Å². The molecule has 0 aromatic rings. The highest BCUT2D eigenvalue weighted by atomic mass is 16.5. The average molecular weight is 898 g/mol. The molecule has 3 N–H and O–H groups in total. The van der Waals surface area contributed by atoms with E-state index in [1.54, 1.807) is 0 Å². The Labute approximate surface area is 397 Å². The minimum atomic E-state index is -0.801. The Morgan fingerprint density at radius 2 is 0.812 bits per heavy atom. The first-order valence-electron chi connectivity index (χ1n) is 27.9. The average Bonchev–Trinajstić information content (AvgIpc) is 3.29. The highest BCUT2D eigenvalue weighted by molar-refractivity contribution is 5.77. The molecule has 0 radical (unpaired) electrons. The van der Waals surface area contributed by atoms with Gasteiger partial charge in [0.25, 0.3) is 0 Å². The van der Waals surface area contributed by atoms with Gasteiger partial charge in [-0.15, -0.1) is 0 Å². The van der Waals surface area contributed by atoms with Crippen LogP contribution in [0.25, 0.3) is 0 Å². The van der Waals surface area contributed by atoms with E-state index < -0.39 is 18.2 Å². The summed E-state index contributed by atoms with van der Waals surface area (Å²) in [5.74, 6) is -0.518. The molecule has 0 saturated heterocycles. The number of amides is 1. The standard InChI is InChI=1S/C58H107NO5/c1-4-7-10-13-16-19-22-25-27-29-30-32-34-37-40-43-46-49-54(64-58(63)51-48-45-42-39-36-24-21-18-15-12-9-6-3)52-57(62)59-55(53-60)56(61)50-47-44-41-38-35-33-31-28-26-23-20-17-14-11-8-5-2/h16,19,25,27,30,32,37,40,54-56,60-61H,4-15,17-18,20-24,26,28-29,31,33-36,38-39,41-53H2,1-3H3,(H,59,62)/b19-16-,27-25-,32-30-,40-37-. The number of hydrogen-bond donors (Lipinski definition) is 3. The summed E-state index contributed by atoms with van der Waals surface area (Å²) in [5.41, 5.74) is 0. The van der Waals surface area contributed by atoms with Crippen LogP contribution in [0.1, 0.15) is 284 Å². The Kier molecular flexibility index (Phi) is 50.0. The van der Waals surface area contributed by atoms with Crippen LogP contribution in [0.2, 0.25) is 0 Å². The molecule has 0 saturated carbocycles. The van der Waals surface area contributed by atoms with E-state index in [4.69, 9.17) is 4.74 Å². The molecule has 374 valence electrons. The molecule has 0 aliphatic heterocycles. The van der Waals surface area contributed by atoms with Crippen molar-refractivity contribution in [3.8, 4) is 0 Å². The van der Waals surface area contributed by atoms with Crippen molar-refractivity contribution in [2.75, 3.05) is 6.61 Å². The van der Waals surface area contributed by atoms with Crippen molar-refractivity contribution < 1.29 is 24.5 Å². The fourth-order valence-corrected chi connectivity index (χ4v) is 8.42. The van der Waals surface area contributed by atoms with E-state index in [9.17, 15) is 19.8 Å². The molecule has 0 aromatic heterocycles. The monoisotopic (exact) mass is 898 g/mol. The molecule has 0 aliphatic carbocycles. The van der Waals surface area contributed by atoms with Crippen molar-refractivity contribution in [3.05, 3.63) is 48.6 Å². The molecule has 64 heavy (non-hydrogen) atoms. The van der Waals surface area contributed by atoms with E-state index in [2.05, 4.69) is 74.7 Å². The number of esters is 1. The van der Waals surface area contributed by atoms with Gasteiger partial charge in [0.2, 0.25) is 5.91 Å². The van der Waals surface area contributed by atoms with Crippen LogP contribution in [0, 0.1) is 0 Å². The molecule has 0 spiro atoms. The third kappa shape index (κ3) is 46.4. The van der Waals surface area contributed by atoms with Crippen LogP contribution in [-0.2, 0) is 14.3 Å². The summed E-state index contributed by atoms with van der Waals surface area (Å²) in [7, 11) is 0. The second-order valence-electron chi connectivity index (χ2n) is 19.0. The molecule has 0 heterocycles. The number of allylic oxidation sites excluding steroid dienone is 8. The second-order valence-corrected chi connectivity index (χ2v) is 19.0. The number of aliphatic hydroxyl groups excluding tert-OH is 2. The van der Waals surface area contributed by atoms with Gasteiger partial charge in [-0.05, 0) is 64.2 Å². The lowest BCUT2D eigenvalue weighted by Crippen LogP contribution is -2.46. The second kappa shape index (κ2) is 51.8. The van der Waals surface area contributed by atoms with Crippen molar-refractivity contribution in [2.24, 2.45) is 0 Å². The van der Waals surface area contributed by atoms with Gasteiger partial charge in [-0.3, -0.25) is 9.59 Å². The number of unbranched alkanes of at least 4 members (excludes halogenated alkanes) is 30. The fraction of sp³-hybridized carbons (Fsp3) is 0.828. The largest absolute Gasteiger partial charge is 0.462 e. The lowest BCUT2D eigenvalue weighted by molar-refractivity contribution is -0.151. The number of carbonyl (C=O) groups is 2. The molecular weight excluding hydrogens is 791 g/mol. The van der Waals surface area contributed by atoms with Gasteiger partial charge in [-0.1, -0.05) is 256 Å². The summed E-state index contributed by atoms with van der Waals surface area (Å²) in [4.78, 5) is 26.2. The molecular formula is C58H107NO5. The van der Waals surface area contributed by atoms with Crippen molar-refractivity contribution in [1.82, 2.24) is 5.32 Å². The molecule has 6 heteroatoms.